The molecule has 1 rings (SSSR count). The minimum atomic E-state index is -0.441. The SMILES string of the molecule is COC(=O)c1ccoc1CN(C)CC(=O)NC(C)C. The highest BCUT2D eigenvalue weighted by Crippen LogP contribution is 2.13. The molecule has 0 aliphatic carbocycles. The number of carbonyl (C=O) groups excluding carboxylic acids is 2. The standard InChI is InChI=1S/C13H20N2O4/c1-9(2)14-12(16)8-15(3)7-11-10(5-6-19-11)13(17)18-4/h5-6,9H,7-8H2,1-4H3,(H,14,16). The molecule has 0 radical (unpaired) electrons. The van der Waals surface area contributed by atoms with Gasteiger partial charge in [-0.2, -0.15) is 0 Å². The molecule has 0 atom stereocenters. The highest BCUT2D eigenvalue weighted by Gasteiger charge is 2.17. The van der Waals surface area contributed by atoms with Crippen LogP contribution in [0.15, 0.2) is 16.7 Å². The second kappa shape index (κ2) is 6.94. The zero-order valence-electron chi connectivity index (χ0n) is 11.7. The van der Waals surface area contributed by atoms with E-state index in [0.29, 0.717) is 17.9 Å². The second-order valence-corrected chi connectivity index (χ2v) is 4.64. The van der Waals surface area contributed by atoms with Crippen molar-refractivity contribution in [2.75, 3.05) is 20.7 Å². The van der Waals surface area contributed by atoms with Crippen LogP contribution in [0.4, 0.5) is 0 Å². The Morgan fingerprint density at radius 3 is 2.74 bits per heavy atom. The Labute approximate surface area is 112 Å². The minimum Gasteiger partial charge on any atom is -0.467 e. The lowest BCUT2D eigenvalue weighted by atomic mass is 10.2. The lowest BCUT2D eigenvalue weighted by Crippen LogP contribution is -2.38. The number of likely N-dealkylation sites (N-methyl/N-ethyl adjacent to an activating group) is 1. The summed E-state index contributed by atoms with van der Waals surface area (Å²) in [7, 11) is 3.10. The van der Waals surface area contributed by atoms with E-state index in [4.69, 9.17) is 4.42 Å². The molecular formula is C13H20N2O4. The summed E-state index contributed by atoms with van der Waals surface area (Å²) in [5.41, 5.74) is 0.388. The van der Waals surface area contributed by atoms with E-state index in [0.717, 1.165) is 0 Å². The summed E-state index contributed by atoms with van der Waals surface area (Å²) in [4.78, 5) is 24.8. The number of esters is 1. The lowest BCUT2D eigenvalue weighted by Gasteiger charge is -2.16. The molecule has 6 heteroatoms. The van der Waals surface area contributed by atoms with Crippen LogP contribution in [0.1, 0.15) is 30.0 Å². The maximum Gasteiger partial charge on any atom is 0.341 e. The molecule has 1 aromatic rings. The van der Waals surface area contributed by atoms with Gasteiger partial charge >= 0.3 is 5.97 Å². The third-order valence-electron chi connectivity index (χ3n) is 2.43. The Balaban J connectivity index is 2.57. The Morgan fingerprint density at radius 2 is 2.16 bits per heavy atom. The van der Waals surface area contributed by atoms with Gasteiger partial charge in [0.15, 0.2) is 0 Å². The molecule has 1 N–H and O–H groups in total. The molecule has 19 heavy (non-hydrogen) atoms. The van der Waals surface area contributed by atoms with E-state index in [1.54, 1.807) is 18.0 Å². The molecule has 1 heterocycles. The van der Waals surface area contributed by atoms with Crippen molar-refractivity contribution >= 4 is 11.9 Å². The summed E-state index contributed by atoms with van der Waals surface area (Å²) < 4.78 is 9.90. The summed E-state index contributed by atoms with van der Waals surface area (Å²) >= 11 is 0. The van der Waals surface area contributed by atoms with Gasteiger partial charge in [0, 0.05) is 6.04 Å². The predicted octanol–water partition coefficient (Wildman–Crippen LogP) is 1.02. The third kappa shape index (κ3) is 4.75. The van der Waals surface area contributed by atoms with Crippen molar-refractivity contribution in [1.29, 1.82) is 0 Å². The molecule has 0 saturated carbocycles. The number of nitrogens with zero attached hydrogens (tertiary/aromatic N) is 1. The van der Waals surface area contributed by atoms with Crippen LogP contribution in [0.5, 0.6) is 0 Å². The first kappa shape index (κ1) is 15.2. The Morgan fingerprint density at radius 1 is 1.47 bits per heavy atom. The number of carbonyl (C=O) groups is 2. The van der Waals surface area contributed by atoms with Crippen LogP contribution in [0.2, 0.25) is 0 Å². The number of hydrogen-bond acceptors (Lipinski definition) is 5. The van der Waals surface area contributed by atoms with Crippen molar-refractivity contribution in [2.45, 2.75) is 26.4 Å². The first-order valence-corrected chi connectivity index (χ1v) is 6.06. The van der Waals surface area contributed by atoms with Crippen LogP contribution in [0.25, 0.3) is 0 Å². The number of rotatable bonds is 6. The zero-order valence-corrected chi connectivity index (χ0v) is 11.7. The molecular weight excluding hydrogens is 248 g/mol. The fourth-order valence-corrected chi connectivity index (χ4v) is 1.67. The van der Waals surface area contributed by atoms with Gasteiger partial charge in [0.1, 0.15) is 11.3 Å². The normalized spacial score (nSPS) is 10.8. The van der Waals surface area contributed by atoms with Gasteiger partial charge in [0.25, 0.3) is 0 Å². The third-order valence-corrected chi connectivity index (χ3v) is 2.43. The largest absolute Gasteiger partial charge is 0.467 e. The lowest BCUT2D eigenvalue weighted by molar-refractivity contribution is -0.122. The summed E-state index contributed by atoms with van der Waals surface area (Å²) in [6.07, 6.45) is 1.43. The summed E-state index contributed by atoms with van der Waals surface area (Å²) in [6, 6.07) is 1.67. The number of furan rings is 1. The van der Waals surface area contributed by atoms with Crippen LogP contribution in [0.3, 0.4) is 0 Å². The van der Waals surface area contributed by atoms with Crippen molar-refractivity contribution in [2.24, 2.45) is 0 Å². The fourth-order valence-electron chi connectivity index (χ4n) is 1.67. The van der Waals surface area contributed by atoms with Crippen LogP contribution >= 0.6 is 0 Å². The average Bonchev–Trinajstić information content (AvgIpc) is 2.74. The molecule has 1 aromatic heterocycles. The number of nitrogens with one attached hydrogen (secondary N) is 1. The van der Waals surface area contributed by atoms with E-state index in [1.807, 2.05) is 13.8 Å². The van der Waals surface area contributed by atoms with Gasteiger partial charge < -0.3 is 14.5 Å². The van der Waals surface area contributed by atoms with Gasteiger partial charge in [0.2, 0.25) is 5.91 Å². The number of methoxy groups -OCH3 is 1. The number of ether oxygens (including phenoxy) is 1. The van der Waals surface area contributed by atoms with Crippen LogP contribution in [-0.4, -0.2) is 43.5 Å². The predicted molar refractivity (Wildman–Crippen MR) is 69.7 cm³/mol. The van der Waals surface area contributed by atoms with Crippen LogP contribution < -0.4 is 5.32 Å². The molecule has 0 aliphatic rings. The van der Waals surface area contributed by atoms with Gasteiger partial charge in [-0.3, -0.25) is 9.69 Å². The second-order valence-electron chi connectivity index (χ2n) is 4.64. The Bertz CT molecular complexity index is 440. The summed E-state index contributed by atoms with van der Waals surface area (Å²) in [5.74, 6) is -0.0147. The van der Waals surface area contributed by atoms with Crippen molar-refractivity contribution in [3.63, 3.8) is 0 Å². The smallest absolute Gasteiger partial charge is 0.341 e. The van der Waals surface area contributed by atoms with Gasteiger partial charge in [-0.15, -0.1) is 0 Å². The van der Waals surface area contributed by atoms with E-state index in [2.05, 4.69) is 10.1 Å². The molecule has 106 valence electrons. The molecule has 0 saturated heterocycles. The zero-order chi connectivity index (χ0) is 14.4. The van der Waals surface area contributed by atoms with E-state index in [-0.39, 0.29) is 18.5 Å². The minimum absolute atomic E-state index is 0.0660. The number of amides is 1. The summed E-state index contributed by atoms with van der Waals surface area (Å²) in [5, 5.41) is 2.80. The molecule has 0 spiro atoms. The quantitative estimate of drug-likeness (QED) is 0.780. The van der Waals surface area contributed by atoms with Gasteiger partial charge in [0.05, 0.1) is 26.5 Å². The molecule has 0 fully saturated rings. The monoisotopic (exact) mass is 268 g/mol. The number of hydrogen-bond donors (Lipinski definition) is 1. The van der Waals surface area contributed by atoms with E-state index >= 15 is 0 Å². The fraction of sp³-hybridized carbons (Fsp3) is 0.538. The van der Waals surface area contributed by atoms with E-state index in [9.17, 15) is 9.59 Å². The van der Waals surface area contributed by atoms with Crippen LogP contribution in [-0.2, 0) is 16.1 Å². The Kier molecular flexibility index (Phi) is 5.57. The van der Waals surface area contributed by atoms with Crippen molar-refractivity contribution < 1.29 is 18.7 Å². The molecule has 1 amide bonds. The molecule has 0 aromatic carbocycles. The van der Waals surface area contributed by atoms with Crippen molar-refractivity contribution in [3.8, 4) is 0 Å². The van der Waals surface area contributed by atoms with Gasteiger partial charge in [-0.05, 0) is 27.0 Å². The van der Waals surface area contributed by atoms with Crippen LogP contribution in [0, 0.1) is 0 Å². The van der Waals surface area contributed by atoms with E-state index < -0.39 is 5.97 Å². The Hall–Kier alpha value is -1.82. The first-order valence-electron chi connectivity index (χ1n) is 6.06. The average molecular weight is 268 g/mol. The topological polar surface area (TPSA) is 71.8 Å². The molecule has 0 aliphatic heterocycles. The maximum atomic E-state index is 11.6. The van der Waals surface area contributed by atoms with Crippen molar-refractivity contribution in [1.82, 2.24) is 10.2 Å². The highest BCUT2D eigenvalue weighted by atomic mass is 16.5. The molecule has 0 bridgehead atoms. The van der Waals surface area contributed by atoms with Crippen molar-refractivity contribution in [3.05, 3.63) is 23.7 Å². The highest BCUT2D eigenvalue weighted by molar-refractivity contribution is 5.90. The first-order chi connectivity index (χ1) is 8.93. The van der Waals surface area contributed by atoms with E-state index in [1.165, 1.54) is 13.4 Å². The molecule has 0 unspecified atom stereocenters. The summed E-state index contributed by atoms with van der Waals surface area (Å²) in [6.45, 7) is 4.40. The van der Waals surface area contributed by atoms with Gasteiger partial charge in [-0.25, -0.2) is 4.79 Å². The van der Waals surface area contributed by atoms with Gasteiger partial charge in [-0.1, -0.05) is 0 Å². The maximum absolute atomic E-state index is 11.6. The molecule has 6 nitrogen and oxygen atoms in total.